The number of hydrogen-bond donors (Lipinski definition) is 1. The van der Waals surface area contributed by atoms with E-state index in [1.807, 2.05) is 30.3 Å². The third-order valence-corrected chi connectivity index (χ3v) is 2.10. The molecule has 0 bridgehead atoms. The Bertz CT molecular complexity index is 452. The molecule has 0 saturated heterocycles. The van der Waals surface area contributed by atoms with Gasteiger partial charge in [0.25, 0.3) is 0 Å². The highest BCUT2D eigenvalue weighted by molar-refractivity contribution is 5.87. The molecule has 1 atom stereocenters. The number of nitrogens with one attached hydrogen (secondary N) is 1. The Hall–Kier alpha value is -2.33. The maximum atomic E-state index is 11.4. The first kappa shape index (κ1) is 12.7. The smallest absolute Gasteiger partial charge is 0.241 e. The zero-order valence-corrected chi connectivity index (χ0v) is 9.33. The molecule has 6 heteroatoms. The molecule has 0 fully saturated rings. The van der Waals surface area contributed by atoms with Crippen LogP contribution >= 0.6 is 0 Å². The van der Waals surface area contributed by atoms with Crippen molar-refractivity contribution in [1.82, 2.24) is 5.32 Å². The van der Waals surface area contributed by atoms with Gasteiger partial charge in [-0.1, -0.05) is 30.3 Å². The average Bonchev–Trinajstić information content (AvgIpc) is 2.29. The van der Waals surface area contributed by atoms with Gasteiger partial charge in [0, 0.05) is 11.8 Å². The quantitative estimate of drug-likeness (QED) is 0.484. The van der Waals surface area contributed by atoms with Gasteiger partial charge in [0.2, 0.25) is 11.8 Å². The average molecular weight is 232 g/mol. The lowest BCUT2D eigenvalue weighted by molar-refractivity contribution is -0.126. The van der Waals surface area contributed by atoms with Crippen molar-refractivity contribution < 1.29 is 9.59 Å². The highest BCUT2D eigenvalue weighted by atomic mass is 16.2. The first-order valence-corrected chi connectivity index (χ1v) is 5.03. The lowest BCUT2D eigenvalue weighted by Crippen LogP contribution is -2.40. The molecule has 0 spiro atoms. The fourth-order valence-electron chi connectivity index (χ4n) is 1.41. The number of hydrogen-bond acceptors (Lipinski definition) is 2. The summed E-state index contributed by atoms with van der Waals surface area (Å²) in [5.74, 6) is -1.03. The largest absolute Gasteiger partial charge is 0.346 e. The van der Waals surface area contributed by atoms with Crippen LogP contribution < -0.4 is 5.32 Å². The number of carbonyl (C=O) groups is 2. The predicted octanol–water partition coefficient (Wildman–Crippen LogP) is 1.57. The Labute approximate surface area is 98.3 Å². The van der Waals surface area contributed by atoms with Crippen LogP contribution in [0.1, 0.15) is 12.5 Å². The van der Waals surface area contributed by atoms with Crippen LogP contribution in [0.3, 0.4) is 0 Å². The number of carbonyl (C=O) groups excluding carboxylic acids is 2. The molecule has 0 aromatic heterocycles. The van der Waals surface area contributed by atoms with Crippen LogP contribution in [0.15, 0.2) is 35.4 Å². The van der Waals surface area contributed by atoms with Crippen molar-refractivity contribution in [3.8, 4) is 0 Å². The van der Waals surface area contributed by atoms with E-state index in [0.29, 0.717) is 6.42 Å². The van der Waals surface area contributed by atoms with E-state index in [-0.39, 0.29) is 5.91 Å². The van der Waals surface area contributed by atoms with Crippen molar-refractivity contribution in [3.63, 3.8) is 0 Å². The Morgan fingerprint density at radius 2 is 2.06 bits per heavy atom. The minimum atomic E-state index is -0.814. The van der Waals surface area contributed by atoms with Gasteiger partial charge in [-0.25, -0.2) is 0 Å². The van der Waals surface area contributed by atoms with Gasteiger partial charge in [0.05, 0.1) is 6.04 Å². The van der Waals surface area contributed by atoms with Crippen LogP contribution in [0.2, 0.25) is 0 Å². The van der Waals surface area contributed by atoms with E-state index in [0.717, 1.165) is 5.56 Å². The Morgan fingerprint density at radius 3 is 2.59 bits per heavy atom. The summed E-state index contributed by atoms with van der Waals surface area (Å²) in [6, 6.07) is 8.37. The highest BCUT2D eigenvalue weighted by Gasteiger charge is 2.18. The Balaban J connectivity index is 2.80. The van der Waals surface area contributed by atoms with Gasteiger partial charge in [-0.15, -0.1) is 0 Å². The van der Waals surface area contributed by atoms with Crippen LogP contribution in [0.25, 0.3) is 10.4 Å². The molecule has 6 nitrogen and oxygen atoms in total. The third-order valence-electron chi connectivity index (χ3n) is 2.10. The van der Waals surface area contributed by atoms with Crippen molar-refractivity contribution in [2.75, 3.05) is 0 Å². The van der Waals surface area contributed by atoms with E-state index >= 15 is 0 Å². The normalized spacial score (nSPS) is 11.1. The molecule has 0 aliphatic heterocycles. The second kappa shape index (κ2) is 6.30. The van der Waals surface area contributed by atoms with Crippen LogP contribution in [0.5, 0.6) is 0 Å². The van der Waals surface area contributed by atoms with E-state index < -0.39 is 11.9 Å². The summed E-state index contributed by atoms with van der Waals surface area (Å²) < 4.78 is 0. The molecular formula is C11H12N4O2. The zero-order valence-electron chi connectivity index (χ0n) is 9.33. The number of nitrogens with zero attached hydrogens (tertiary/aromatic N) is 3. The molecule has 1 aromatic carbocycles. The second-order valence-corrected chi connectivity index (χ2v) is 3.47. The standard InChI is InChI=1S/C11H12N4O2/c1-8(16)13-10(11(17)14-15-12)7-9-5-3-2-4-6-9/h2-6,10H,7H2,1H3,(H,13,16)/t10-/m0/s1. The van der Waals surface area contributed by atoms with E-state index in [1.54, 1.807) is 0 Å². The first-order valence-electron chi connectivity index (χ1n) is 5.03. The Kier molecular flexibility index (Phi) is 4.72. The van der Waals surface area contributed by atoms with Crippen molar-refractivity contribution in [1.29, 1.82) is 0 Å². The minimum Gasteiger partial charge on any atom is -0.346 e. The molecular weight excluding hydrogens is 220 g/mol. The van der Waals surface area contributed by atoms with Crippen LogP contribution in [-0.2, 0) is 16.0 Å². The lowest BCUT2D eigenvalue weighted by atomic mass is 10.1. The van der Waals surface area contributed by atoms with E-state index in [2.05, 4.69) is 15.3 Å². The van der Waals surface area contributed by atoms with Gasteiger partial charge < -0.3 is 5.32 Å². The third kappa shape index (κ3) is 4.36. The van der Waals surface area contributed by atoms with Crippen LogP contribution in [0.4, 0.5) is 0 Å². The Morgan fingerprint density at radius 1 is 1.41 bits per heavy atom. The highest BCUT2D eigenvalue weighted by Crippen LogP contribution is 2.04. The number of amides is 2. The zero-order chi connectivity index (χ0) is 12.7. The number of azide groups is 1. The molecule has 1 N–H and O–H groups in total. The van der Waals surface area contributed by atoms with Gasteiger partial charge in [-0.2, -0.15) is 0 Å². The monoisotopic (exact) mass is 232 g/mol. The van der Waals surface area contributed by atoms with E-state index in [9.17, 15) is 9.59 Å². The summed E-state index contributed by atoms with van der Waals surface area (Å²) in [6.07, 6.45) is 0.304. The molecule has 1 aromatic rings. The predicted molar refractivity (Wildman–Crippen MR) is 61.9 cm³/mol. The molecule has 0 unspecified atom stereocenters. The summed E-state index contributed by atoms with van der Waals surface area (Å²) >= 11 is 0. The summed E-state index contributed by atoms with van der Waals surface area (Å²) in [5.41, 5.74) is 9.09. The fourth-order valence-corrected chi connectivity index (χ4v) is 1.41. The fraction of sp³-hybridized carbons (Fsp3) is 0.273. The van der Waals surface area contributed by atoms with Crippen molar-refractivity contribution in [2.24, 2.45) is 5.11 Å². The molecule has 17 heavy (non-hydrogen) atoms. The van der Waals surface area contributed by atoms with Crippen molar-refractivity contribution in [2.45, 2.75) is 19.4 Å². The lowest BCUT2D eigenvalue weighted by Gasteiger charge is -2.13. The maximum absolute atomic E-state index is 11.4. The van der Waals surface area contributed by atoms with Crippen molar-refractivity contribution in [3.05, 3.63) is 46.3 Å². The summed E-state index contributed by atoms with van der Waals surface area (Å²) in [5, 5.41) is 5.46. The number of rotatable bonds is 4. The summed E-state index contributed by atoms with van der Waals surface area (Å²) in [7, 11) is 0. The molecule has 0 saturated carbocycles. The van der Waals surface area contributed by atoms with Gasteiger partial charge in [0.1, 0.15) is 0 Å². The summed E-state index contributed by atoms with van der Waals surface area (Å²) in [6.45, 7) is 1.31. The molecule has 2 amide bonds. The second-order valence-electron chi connectivity index (χ2n) is 3.47. The van der Waals surface area contributed by atoms with Gasteiger partial charge >= 0.3 is 0 Å². The molecule has 88 valence electrons. The summed E-state index contributed by atoms with van der Waals surface area (Å²) in [4.78, 5) is 24.8. The van der Waals surface area contributed by atoms with Gasteiger partial charge in [0.15, 0.2) is 0 Å². The van der Waals surface area contributed by atoms with E-state index in [4.69, 9.17) is 5.53 Å². The molecule has 0 aliphatic carbocycles. The van der Waals surface area contributed by atoms with Crippen LogP contribution in [-0.4, -0.2) is 17.9 Å². The van der Waals surface area contributed by atoms with Gasteiger partial charge in [-0.3, -0.25) is 9.59 Å². The van der Waals surface area contributed by atoms with Crippen molar-refractivity contribution >= 4 is 11.8 Å². The topological polar surface area (TPSA) is 94.9 Å². The molecule has 1 rings (SSSR count). The molecule has 0 heterocycles. The molecule has 0 radical (unpaired) electrons. The maximum Gasteiger partial charge on any atom is 0.241 e. The minimum absolute atomic E-state index is 0.304. The number of benzene rings is 1. The molecule has 0 aliphatic rings. The SMILES string of the molecule is CC(=O)N[C@@H](Cc1ccccc1)C(=O)N=[N+]=[N-]. The first-order chi connectivity index (χ1) is 8.13. The van der Waals surface area contributed by atoms with E-state index in [1.165, 1.54) is 6.92 Å². The van der Waals surface area contributed by atoms with Gasteiger partial charge in [-0.05, 0) is 22.6 Å². The van der Waals surface area contributed by atoms with Crippen LogP contribution in [0, 0.1) is 0 Å².